The lowest BCUT2D eigenvalue weighted by molar-refractivity contribution is 0.662. The van der Waals surface area contributed by atoms with Crippen LogP contribution in [0, 0.1) is 0 Å². The Hall–Kier alpha value is -6.76. The maximum atomic E-state index is 2.39. The van der Waals surface area contributed by atoms with Crippen LogP contribution in [-0.4, -0.2) is 0 Å². The fourth-order valence-electron chi connectivity index (χ4n) is 9.68. The lowest BCUT2D eigenvalue weighted by atomic mass is 9.78. The van der Waals surface area contributed by atoms with Crippen molar-refractivity contribution in [3.05, 3.63) is 205 Å². The van der Waals surface area contributed by atoms with E-state index < -0.39 is 0 Å². The van der Waals surface area contributed by atoms with Gasteiger partial charge >= 0.3 is 0 Å². The molecule has 11 rings (SSSR count). The Morgan fingerprint density at radius 1 is 0.291 bits per heavy atom. The number of hydrogen-bond donors (Lipinski definition) is 0. The van der Waals surface area contributed by atoms with Crippen molar-refractivity contribution in [2.45, 2.75) is 19.3 Å². The van der Waals surface area contributed by atoms with Crippen LogP contribution >= 0.6 is 0 Å². The molecule has 0 heteroatoms. The lowest BCUT2D eigenvalue weighted by Gasteiger charge is -2.25. The van der Waals surface area contributed by atoms with Gasteiger partial charge in [-0.1, -0.05) is 196 Å². The molecule has 0 amide bonds. The zero-order valence-corrected chi connectivity index (χ0v) is 31.0. The van der Waals surface area contributed by atoms with Crippen molar-refractivity contribution in [2.24, 2.45) is 0 Å². The lowest BCUT2D eigenvalue weighted by Crippen LogP contribution is -2.16. The van der Waals surface area contributed by atoms with Crippen molar-refractivity contribution in [3.8, 4) is 55.6 Å². The maximum absolute atomic E-state index is 2.39. The monoisotopic (exact) mass is 698 g/mol. The first-order valence-corrected chi connectivity index (χ1v) is 19.3. The minimum atomic E-state index is -0.113. The Bertz CT molecular complexity index is 3100. The molecule has 0 nitrogen and oxygen atoms in total. The van der Waals surface area contributed by atoms with Gasteiger partial charge in [0.25, 0.3) is 0 Å². The van der Waals surface area contributed by atoms with Gasteiger partial charge < -0.3 is 0 Å². The highest BCUT2D eigenvalue weighted by molar-refractivity contribution is 6.21. The highest BCUT2D eigenvalue weighted by Gasteiger charge is 2.38. The van der Waals surface area contributed by atoms with Crippen molar-refractivity contribution in [2.75, 3.05) is 0 Å². The molecule has 1 aliphatic carbocycles. The van der Waals surface area contributed by atoms with E-state index in [1.807, 2.05) is 0 Å². The number of rotatable bonds is 4. The molecule has 0 spiro atoms. The summed E-state index contributed by atoms with van der Waals surface area (Å²) >= 11 is 0. The van der Waals surface area contributed by atoms with Crippen LogP contribution in [0.2, 0.25) is 0 Å². The molecule has 0 saturated carbocycles. The predicted octanol–water partition coefficient (Wildman–Crippen LogP) is 15.3. The van der Waals surface area contributed by atoms with E-state index in [1.165, 1.54) is 110 Å². The number of benzene rings is 10. The van der Waals surface area contributed by atoms with Gasteiger partial charge in [0.15, 0.2) is 0 Å². The quantitative estimate of drug-likeness (QED) is 0.161. The van der Waals surface area contributed by atoms with Gasteiger partial charge in [0.2, 0.25) is 0 Å². The average Bonchev–Trinajstić information content (AvgIpc) is 3.49. The fourth-order valence-corrected chi connectivity index (χ4v) is 9.68. The molecule has 0 heterocycles. The molecular formula is C55H38. The zero-order valence-electron chi connectivity index (χ0n) is 31.0. The molecule has 0 N–H and O–H groups in total. The van der Waals surface area contributed by atoms with Gasteiger partial charge in [-0.3, -0.25) is 0 Å². The Balaban J connectivity index is 1.05. The van der Waals surface area contributed by atoms with Crippen LogP contribution in [0.5, 0.6) is 0 Å². The molecule has 258 valence electrons. The van der Waals surface area contributed by atoms with Gasteiger partial charge in [0, 0.05) is 5.41 Å². The second-order valence-electron chi connectivity index (χ2n) is 15.6. The summed E-state index contributed by atoms with van der Waals surface area (Å²) in [5, 5.41) is 10.2. The maximum Gasteiger partial charge on any atom is 0.0165 e. The molecule has 0 bridgehead atoms. The summed E-state index contributed by atoms with van der Waals surface area (Å²) in [5.74, 6) is 0. The highest BCUT2D eigenvalue weighted by atomic mass is 14.4. The third kappa shape index (κ3) is 4.85. The summed E-state index contributed by atoms with van der Waals surface area (Å²) in [6.45, 7) is 4.78. The van der Waals surface area contributed by atoms with Crippen LogP contribution in [0.3, 0.4) is 0 Å². The normalized spacial score (nSPS) is 13.1. The predicted molar refractivity (Wildman–Crippen MR) is 236 cm³/mol. The van der Waals surface area contributed by atoms with Crippen molar-refractivity contribution in [1.29, 1.82) is 0 Å². The van der Waals surface area contributed by atoms with Crippen LogP contribution in [-0.2, 0) is 5.41 Å². The van der Waals surface area contributed by atoms with Gasteiger partial charge in [-0.2, -0.15) is 0 Å². The minimum Gasteiger partial charge on any atom is -0.0616 e. The van der Waals surface area contributed by atoms with Gasteiger partial charge in [-0.25, -0.2) is 0 Å². The molecule has 55 heavy (non-hydrogen) atoms. The van der Waals surface area contributed by atoms with E-state index in [0.717, 1.165) is 0 Å². The Morgan fingerprint density at radius 3 is 1.49 bits per heavy atom. The molecule has 0 atom stereocenters. The van der Waals surface area contributed by atoms with Crippen molar-refractivity contribution in [1.82, 2.24) is 0 Å². The van der Waals surface area contributed by atoms with E-state index in [9.17, 15) is 0 Å². The van der Waals surface area contributed by atoms with Crippen molar-refractivity contribution in [3.63, 3.8) is 0 Å². The number of fused-ring (bicyclic) bond motifs is 8. The van der Waals surface area contributed by atoms with E-state index in [0.29, 0.717) is 0 Å². The summed E-state index contributed by atoms with van der Waals surface area (Å²) in [6, 6.07) is 72.1. The zero-order chi connectivity index (χ0) is 36.7. The first-order chi connectivity index (χ1) is 27.0. The van der Waals surface area contributed by atoms with Crippen LogP contribution in [0.15, 0.2) is 194 Å². The molecular weight excluding hydrogens is 661 g/mol. The largest absolute Gasteiger partial charge is 0.0616 e. The van der Waals surface area contributed by atoms with Crippen molar-refractivity contribution < 1.29 is 0 Å². The van der Waals surface area contributed by atoms with E-state index in [2.05, 4.69) is 208 Å². The topological polar surface area (TPSA) is 0 Å². The molecule has 0 fully saturated rings. The fraction of sp³-hybridized carbons (Fsp3) is 0.0545. The van der Waals surface area contributed by atoms with Gasteiger partial charge in [0.1, 0.15) is 0 Å². The summed E-state index contributed by atoms with van der Waals surface area (Å²) in [5.41, 5.74) is 15.5. The standard InChI is InChI=1S/C55H38/c1-55(2)50-32-31-36-14-5-6-18-43(36)53(50)49-24-12-23-44(54(49)55)37-26-28-38(29-27-37)51-45-19-7-9-21-47(45)52(48-22-10-8-20-46(48)51)42-17-11-16-40(34-42)41-30-25-35-13-3-4-15-39(35)33-41/h3-34H,1-2H3. The second-order valence-corrected chi connectivity index (χ2v) is 15.6. The third-order valence-corrected chi connectivity index (χ3v) is 12.2. The van der Waals surface area contributed by atoms with Crippen LogP contribution in [0.25, 0.3) is 98.7 Å². The first kappa shape index (κ1) is 31.7. The molecule has 0 saturated heterocycles. The summed E-state index contributed by atoms with van der Waals surface area (Å²) in [4.78, 5) is 0. The Kier molecular flexibility index (Phi) is 7.00. The molecule has 0 aromatic heterocycles. The second kappa shape index (κ2) is 12.1. The summed E-state index contributed by atoms with van der Waals surface area (Å²) in [6.07, 6.45) is 0. The molecule has 10 aromatic carbocycles. The number of hydrogen-bond acceptors (Lipinski definition) is 0. The Labute approximate surface area is 322 Å². The molecule has 0 radical (unpaired) electrons. The van der Waals surface area contributed by atoms with Gasteiger partial charge in [-0.15, -0.1) is 0 Å². The molecule has 0 aliphatic heterocycles. The smallest absolute Gasteiger partial charge is 0.0165 e. The summed E-state index contributed by atoms with van der Waals surface area (Å²) < 4.78 is 0. The molecule has 0 unspecified atom stereocenters. The molecule has 1 aliphatic rings. The third-order valence-electron chi connectivity index (χ3n) is 12.2. The highest BCUT2D eigenvalue weighted by Crippen LogP contribution is 2.54. The van der Waals surface area contributed by atoms with Crippen LogP contribution in [0.4, 0.5) is 0 Å². The van der Waals surface area contributed by atoms with E-state index in [4.69, 9.17) is 0 Å². The van der Waals surface area contributed by atoms with E-state index >= 15 is 0 Å². The average molecular weight is 699 g/mol. The van der Waals surface area contributed by atoms with Crippen LogP contribution in [0.1, 0.15) is 25.0 Å². The van der Waals surface area contributed by atoms with Crippen LogP contribution < -0.4 is 0 Å². The van der Waals surface area contributed by atoms with Crippen molar-refractivity contribution >= 4 is 43.1 Å². The summed E-state index contributed by atoms with van der Waals surface area (Å²) in [7, 11) is 0. The SMILES string of the molecule is CC1(C)c2ccc3ccccc3c2-c2cccc(-c3ccc(-c4c5ccccc5c(-c5cccc(-c6ccc7ccccc7c6)c5)c5ccccc45)cc3)c21. The Morgan fingerprint density at radius 2 is 0.782 bits per heavy atom. The van der Waals surface area contributed by atoms with E-state index in [-0.39, 0.29) is 5.41 Å². The minimum absolute atomic E-state index is 0.113. The molecule has 10 aromatic rings. The van der Waals surface area contributed by atoms with Gasteiger partial charge in [-0.05, 0) is 122 Å². The van der Waals surface area contributed by atoms with E-state index in [1.54, 1.807) is 0 Å². The first-order valence-electron chi connectivity index (χ1n) is 19.3. The van der Waals surface area contributed by atoms with Gasteiger partial charge in [0.05, 0.1) is 0 Å².